The lowest BCUT2D eigenvalue weighted by Crippen LogP contribution is -2.37. The molecule has 2 aromatic carbocycles. The van der Waals surface area contributed by atoms with Crippen molar-refractivity contribution in [2.24, 2.45) is 14.1 Å². The van der Waals surface area contributed by atoms with Crippen molar-refractivity contribution in [3.63, 3.8) is 0 Å². The summed E-state index contributed by atoms with van der Waals surface area (Å²) in [7, 11) is 2.94. The van der Waals surface area contributed by atoms with E-state index in [-0.39, 0.29) is 23.6 Å². The quantitative estimate of drug-likeness (QED) is 0.414. The molecule has 0 saturated carbocycles. The minimum absolute atomic E-state index is 0.108. The second-order valence-electron chi connectivity index (χ2n) is 7.87. The molecule has 0 aliphatic rings. The molecule has 0 bridgehead atoms. The summed E-state index contributed by atoms with van der Waals surface area (Å²) in [6.45, 7) is 5.95. The highest BCUT2D eigenvalue weighted by molar-refractivity contribution is 7.21. The Balaban J connectivity index is 0.00000141. The molecule has 5 aromatic rings. The standard InChI is InChI=1S/C23H20N6O3S.C2H6/c1-13-4-9-16-17(10-13)33-21(26-16)14-5-7-15(8-6-14)25-18(30)11-29-12-24-20-19(29)22(31)28(3)23(32)27(20)2;1-2/h4-10,12H,11H2,1-3H3,(H,25,30);1-2H3. The minimum atomic E-state index is -0.492. The Labute approximate surface area is 205 Å². The van der Waals surface area contributed by atoms with Crippen LogP contribution < -0.4 is 16.6 Å². The number of benzene rings is 2. The Morgan fingerprint density at radius 2 is 1.74 bits per heavy atom. The fraction of sp³-hybridized carbons (Fsp3) is 0.240. The van der Waals surface area contributed by atoms with Gasteiger partial charge in [0.15, 0.2) is 11.2 Å². The van der Waals surface area contributed by atoms with E-state index in [1.807, 2.05) is 50.2 Å². The van der Waals surface area contributed by atoms with Crippen LogP contribution in [0.4, 0.5) is 5.69 Å². The number of thiazole rings is 1. The van der Waals surface area contributed by atoms with Crippen molar-refractivity contribution in [1.29, 1.82) is 0 Å². The van der Waals surface area contributed by atoms with E-state index in [0.29, 0.717) is 5.69 Å². The summed E-state index contributed by atoms with van der Waals surface area (Å²) < 4.78 is 4.87. The number of imidazole rings is 1. The maximum absolute atomic E-state index is 12.6. The Kier molecular flexibility index (Phi) is 6.65. The van der Waals surface area contributed by atoms with Gasteiger partial charge in [0.1, 0.15) is 11.6 Å². The number of carbonyl (C=O) groups excluding carboxylic acids is 1. The third-order valence-electron chi connectivity index (χ3n) is 5.49. The van der Waals surface area contributed by atoms with E-state index in [1.165, 1.54) is 35.1 Å². The van der Waals surface area contributed by atoms with Crippen molar-refractivity contribution in [3.8, 4) is 10.6 Å². The predicted octanol–water partition coefficient (Wildman–Crippen LogP) is 3.68. The largest absolute Gasteiger partial charge is 0.332 e. The number of aryl methyl sites for hydroxylation is 2. The lowest BCUT2D eigenvalue weighted by Gasteiger charge is -2.08. The number of rotatable bonds is 4. The number of carbonyl (C=O) groups is 1. The third-order valence-corrected chi connectivity index (χ3v) is 6.56. The Hall–Kier alpha value is -4.05. The first-order chi connectivity index (χ1) is 16.8. The summed E-state index contributed by atoms with van der Waals surface area (Å²) in [5, 5.41) is 3.75. The molecule has 1 amide bonds. The minimum Gasteiger partial charge on any atom is -0.325 e. The van der Waals surface area contributed by atoms with Gasteiger partial charge in [-0.15, -0.1) is 11.3 Å². The van der Waals surface area contributed by atoms with Crippen molar-refractivity contribution in [1.82, 2.24) is 23.7 Å². The number of anilines is 1. The Bertz CT molecular complexity index is 1660. The van der Waals surface area contributed by atoms with E-state index in [9.17, 15) is 14.4 Å². The van der Waals surface area contributed by atoms with Gasteiger partial charge in [0.2, 0.25) is 5.91 Å². The number of hydrogen-bond acceptors (Lipinski definition) is 6. The molecule has 10 heteroatoms. The molecule has 0 saturated heterocycles. The predicted molar refractivity (Wildman–Crippen MR) is 140 cm³/mol. The SMILES string of the molecule is CC.Cc1ccc2nc(-c3ccc(NC(=O)Cn4cnc5c4c(=O)n(C)c(=O)n5C)cc3)sc2c1. The van der Waals surface area contributed by atoms with Crippen LogP contribution in [0.15, 0.2) is 58.4 Å². The molecule has 0 aliphatic heterocycles. The van der Waals surface area contributed by atoms with E-state index < -0.39 is 11.2 Å². The van der Waals surface area contributed by atoms with E-state index >= 15 is 0 Å². The van der Waals surface area contributed by atoms with Gasteiger partial charge in [0, 0.05) is 25.3 Å². The highest BCUT2D eigenvalue weighted by Crippen LogP contribution is 2.31. The lowest BCUT2D eigenvalue weighted by molar-refractivity contribution is -0.116. The molecule has 0 atom stereocenters. The first-order valence-corrected chi connectivity index (χ1v) is 12.0. The molecule has 180 valence electrons. The average Bonchev–Trinajstić information content (AvgIpc) is 3.47. The van der Waals surface area contributed by atoms with Crippen molar-refractivity contribution < 1.29 is 4.79 Å². The molecular formula is C25H26N6O3S. The van der Waals surface area contributed by atoms with Gasteiger partial charge in [0.05, 0.1) is 16.5 Å². The van der Waals surface area contributed by atoms with Crippen LogP contribution in [-0.4, -0.2) is 29.6 Å². The molecule has 3 heterocycles. The average molecular weight is 491 g/mol. The smallest absolute Gasteiger partial charge is 0.325 e. The van der Waals surface area contributed by atoms with Gasteiger partial charge in [-0.3, -0.25) is 18.7 Å². The normalized spacial score (nSPS) is 10.9. The molecule has 9 nitrogen and oxygen atoms in total. The maximum Gasteiger partial charge on any atom is 0.332 e. The fourth-order valence-corrected chi connectivity index (χ4v) is 4.79. The summed E-state index contributed by atoms with van der Waals surface area (Å²) in [5.41, 5.74) is 3.25. The molecule has 0 aliphatic carbocycles. The topological polar surface area (TPSA) is 104 Å². The molecule has 0 fully saturated rings. The molecular weight excluding hydrogens is 464 g/mol. The van der Waals surface area contributed by atoms with Gasteiger partial charge in [-0.1, -0.05) is 19.9 Å². The van der Waals surface area contributed by atoms with E-state index in [1.54, 1.807) is 11.3 Å². The van der Waals surface area contributed by atoms with Crippen LogP contribution in [0, 0.1) is 6.92 Å². The van der Waals surface area contributed by atoms with Gasteiger partial charge < -0.3 is 9.88 Å². The second kappa shape index (κ2) is 9.67. The Morgan fingerprint density at radius 1 is 1.03 bits per heavy atom. The van der Waals surface area contributed by atoms with Crippen LogP contribution in [0.25, 0.3) is 32.0 Å². The monoisotopic (exact) mass is 490 g/mol. The summed E-state index contributed by atoms with van der Waals surface area (Å²) in [6.07, 6.45) is 1.39. The summed E-state index contributed by atoms with van der Waals surface area (Å²) in [4.78, 5) is 46.0. The van der Waals surface area contributed by atoms with Crippen LogP contribution in [-0.2, 0) is 25.4 Å². The number of aromatic nitrogens is 5. The summed E-state index contributed by atoms with van der Waals surface area (Å²) >= 11 is 1.63. The Morgan fingerprint density at radius 3 is 2.46 bits per heavy atom. The van der Waals surface area contributed by atoms with E-state index in [4.69, 9.17) is 0 Å². The van der Waals surface area contributed by atoms with Crippen molar-refractivity contribution in [3.05, 3.63) is 75.2 Å². The maximum atomic E-state index is 12.6. The van der Waals surface area contributed by atoms with Crippen LogP contribution in [0.1, 0.15) is 19.4 Å². The molecule has 0 unspecified atom stereocenters. The molecule has 0 spiro atoms. The van der Waals surface area contributed by atoms with E-state index in [2.05, 4.69) is 28.3 Å². The zero-order valence-electron chi connectivity index (χ0n) is 20.2. The number of amides is 1. The van der Waals surface area contributed by atoms with E-state index in [0.717, 1.165) is 25.4 Å². The third kappa shape index (κ3) is 4.52. The summed E-state index contributed by atoms with van der Waals surface area (Å²) in [6, 6.07) is 13.7. The first-order valence-electron chi connectivity index (χ1n) is 11.2. The van der Waals surface area contributed by atoms with Crippen molar-refractivity contribution in [2.45, 2.75) is 27.3 Å². The van der Waals surface area contributed by atoms with Crippen LogP contribution in [0.2, 0.25) is 0 Å². The van der Waals surface area contributed by atoms with Gasteiger partial charge in [-0.25, -0.2) is 14.8 Å². The summed E-state index contributed by atoms with van der Waals surface area (Å²) in [5.74, 6) is -0.312. The van der Waals surface area contributed by atoms with Gasteiger partial charge in [-0.05, 0) is 48.9 Å². The zero-order valence-corrected chi connectivity index (χ0v) is 21.0. The van der Waals surface area contributed by atoms with Gasteiger partial charge in [0.25, 0.3) is 5.56 Å². The molecule has 1 N–H and O–H groups in total. The van der Waals surface area contributed by atoms with Crippen LogP contribution >= 0.6 is 11.3 Å². The molecule has 0 radical (unpaired) electrons. The molecule has 3 aromatic heterocycles. The fourth-order valence-electron chi connectivity index (χ4n) is 3.72. The van der Waals surface area contributed by atoms with Crippen molar-refractivity contribution in [2.75, 3.05) is 5.32 Å². The molecule has 5 rings (SSSR count). The highest BCUT2D eigenvalue weighted by Gasteiger charge is 2.16. The number of nitrogens with zero attached hydrogens (tertiary/aromatic N) is 5. The lowest BCUT2D eigenvalue weighted by atomic mass is 10.2. The van der Waals surface area contributed by atoms with Crippen molar-refractivity contribution >= 4 is 44.3 Å². The van der Waals surface area contributed by atoms with Gasteiger partial charge in [-0.2, -0.15) is 0 Å². The first kappa shape index (κ1) is 24.1. The van der Waals surface area contributed by atoms with Gasteiger partial charge >= 0.3 is 5.69 Å². The highest BCUT2D eigenvalue weighted by atomic mass is 32.1. The van der Waals surface area contributed by atoms with Crippen LogP contribution in [0.3, 0.4) is 0 Å². The molecule has 35 heavy (non-hydrogen) atoms. The second-order valence-corrected chi connectivity index (χ2v) is 8.90. The number of fused-ring (bicyclic) bond motifs is 2. The zero-order chi connectivity index (χ0) is 25.3. The number of nitrogens with one attached hydrogen (secondary N) is 1. The van der Waals surface area contributed by atoms with Crippen LogP contribution in [0.5, 0.6) is 0 Å². The number of hydrogen-bond donors (Lipinski definition) is 1.